The molecule has 10 heavy (non-hydrogen) atoms. The Morgan fingerprint density at radius 1 is 1.20 bits per heavy atom. The van der Waals surface area contributed by atoms with E-state index in [0.717, 1.165) is 27.9 Å². The summed E-state index contributed by atoms with van der Waals surface area (Å²) in [6, 6.07) is 0. The van der Waals surface area contributed by atoms with Crippen molar-refractivity contribution in [3.63, 3.8) is 0 Å². The van der Waals surface area contributed by atoms with E-state index in [4.69, 9.17) is 4.12 Å². The zero-order valence-corrected chi connectivity index (χ0v) is 9.70. The van der Waals surface area contributed by atoms with Crippen LogP contribution in [0.4, 0.5) is 0 Å². The number of hydrogen-bond donors (Lipinski definition) is 0. The quantitative estimate of drug-likeness (QED) is 0.551. The summed E-state index contributed by atoms with van der Waals surface area (Å²) in [6.45, 7) is 0. The van der Waals surface area contributed by atoms with Crippen LogP contribution in [0.25, 0.3) is 0 Å². The first-order valence-electron chi connectivity index (χ1n) is 4.28. The van der Waals surface area contributed by atoms with Crippen molar-refractivity contribution in [2.24, 2.45) is 11.8 Å². The molecule has 57 valence electrons. The highest BCUT2D eigenvalue weighted by Crippen LogP contribution is 2.52. The fourth-order valence-corrected chi connectivity index (χ4v) is 4.20. The van der Waals surface area contributed by atoms with Crippen molar-refractivity contribution in [1.29, 1.82) is 0 Å². The Kier molecular flexibility index (Phi) is 1.97. The Bertz CT molecular complexity index is 109. The molecule has 0 heterocycles. The lowest BCUT2D eigenvalue weighted by atomic mass is 10.2. The second-order valence-electron chi connectivity index (χ2n) is 3.62. The fraction of sp³-hybridized carbons (Fsp3) is 1.00. The second kappa shape index (κ2) is 2.79. The van der Waals surface area contributed by atoms with Crippen molar-refractivity contribution in [2.75, 3.05) is 0 Å². The maximum Gasteiger partial charge on any atom is 0.181 e. The molecular formula is C7H15OSi2. The summed E-state index contributed by atoms with van der Waals surface area (Å²) in [7, 11) is 1.36. The van der Waals surface area contributed by atoms with Gasteiger partial charge >= 0.3 is 0 Å². The molecule has 3 heteroatoms. The minimum Gasteiger partial charge on any atom is -0.466 e. The first-order chi connectivity index (χ1) is 4.92. The Balaban J connectivity index is 1.80. The Morgan fingerprint density at radius 3 is 2.00 bits per heavy atom. The monoisotopic (exact) mass is 171 g/mol. The molecule has 2 aliphatic carbocycles. The third kappa shape index (κ3) is 1.52. The second-order valence-corrected chi connectivity index (χ2v) is 6.55. The third-order valence-corrected chi connectivity index (χ3v) is 5.12. The summed E-state index contributed by atoms with van der Waals surface area (Å²) in [4.78, 5) is 0. The molecule has 2 rings (SSSR count). The highest BCUT2D eigenvalue weighted by molar-refractivity contribution is 6.36. The average Bonchev–Trinajstić information content (AvgIpc) is 2.77. The minimum atomic E-state index is 0.390. The zero-order chi connectivity index (χ0) is 6.97. The predicted molar refractivity (Wildman–Crippen MR) is 47.4 cm³/mol. The first kappa shape index (κ1) is 7.07. The molecule has 2 saturated carbocycles. The van der Waals surface area contributed by atoms with Gasteiger partial charge in [0.2, 0.25) is 0 Å². The first-order valence-corrected chi connectivity index (χ1v) is 6.23. The Morgan fingerprint density at radius 2 is 1.70 bits per heavy atom. The number of rotatable bonds is 4. The lowest BCUT2D eigenvalue weighted by molar-refractivity contribution is 0.561. The van der Waals surface area contributed by atoms with Crippen LogP contribution in [0, 0.1) is 11.8 Å². The van der Waals surface area contributed by atoms with Gasteiger partial charge in [0.25, 0.3) is 0 Å². The Labute approximate surface area is 68.0 Å². The van der Waals surface area contributed by atoms with Gasteiger partial charge in [-0.25, -0.2) is 0 Å². The van der Waals surface area contributed by atoms with Gasteiger partial charge in [-0.1, -0.05) is 25.7 Å². The van der Waals surface area contributed by atoms with Crippen molar-refractivity contribution in [2.45, 2.75) is 31.2 Å². The van der Waals surface area contributed by atoms with Crippen molar-refractivity contribution in [3.05, 3.63) is 0 Å². The van der Waals surface area contributed by atoms with Crippen LogP contribution in [0.2, 0.25) is 5.54 Å². The van der Waals surface area contributed by atoms with E-state index < -0.39 is 0 Å². The van der Waals surface area contributed by atoms with E-state index >= 15 is 0 Å². The molecule has 0 aliphatic heterocycles. The lowest BCUT2D eigenvalue weighted by Gasteiger charge is -2.11. The van der Waals surface area contributed by atoms with Gasteiger partial charge < -0.3 is 4.12 Å². The molecular weight excluding hydrogens is 156 g/mol. The molecule has 0 spiro atoms. The molecule has 1 nitrogen and oxygen atoms in total. The van der Waals surface area contributed by atoms with Crippen LogP contribution in [-0.2, 0) is 4.12 Å². The molecule has 0 atom stereocenters. The van der Waals surface area contributed by atoms with Gasteiger partial charge in [-0.05, 0) is 17.4 Å². The summed E-state index contributed by atoms with van der Waals surface area (Å²) in [5, 5.41) is 0. The predicted octanol–water partition coefficient (Wildman–Crippen LogP) is 0.243. The Hall–Kier alpha value is 0.394. The normalized spacial score (nSPS) is 26.1. The molecule has 0 aromatic carbocycles. The number of hydrogen-bond acceptors (Lipinski definition) is 1. The van der Waals surface area contributed by atoms with Gasteiger partial charge in [0, 0.05) is 0 Å². The molecule has 0 saturated heterocycles. The van der Waals surface area contributed by atoms with Gasteiger partial charge in [0.15, 0.2) is 9.76 Å². The van der Waals surface area contributed by atoms with E-state index in [1.807, 2.05) is 0 Å². The molecule has 0 bridgehead atoms. The fourth-order valence-electron chi connectivity index (χ4n) is 1.73. The van der Waals surface area contributed by atoms with Gasteiger partial charge in [-0.2, -0.15) is 0 Å². The van der Waals surface area contributed by atoms with Crippen LogP contribution in [0.15, 0.2) is 0 Å². The van der Waals surface area contributed by atoms with Crippen molar-refractivity contribution < 1.29 is 4.12 Å². The standard InChI is InChI=1S/C7H15OSi2/c9-8-10-7(5-1-2-5)6-3-4-6/h5-7,10H,1-4H2,9H3. The molecule has 2 fully saturated rings. The van der Waals surface area contributed by atoms with E-state index in [2.05, 4.69) is 0 Å². The summed E-state index contributed by atoms with van der Waals surface area (Å²) in [5.41, 5.74) is 1.05. The van der Waals surface area contributed by atoms with Gasteiger partial charge in [-0.3, -0.25) is 0 Å². The maximum atomic E-state index is 5.43. The molecule has 0 N–H and O–H groups in total. The zero-order valence-electron chi connectivity index (χ0n) is 6.55. The van der Waals surface area contributed by atoms with Crippen LogP contribution in [0.1, 0.15) is 25.7 Å². The highest BCUT2D eigenvalue weighted by atomic mass is 28.3. The van der Waals surface area contributed by atoms with Crippen molar-refractivity contribution in [1.82, 2.24) is 0 Å². The SMILES string of the molecule is [SiH3]O[SiH]C(C1CC1)C1CC1. The lowest BCUT2D eigenvalue weighted by Crippen LogP contribution is -2.10. The van der Waals surface area contributed by atoms with Gasteiger partial charge in [0.05, 0.1) is 0 Å². The molecule has 0 unspecified atom stereocenters. The van der Waals surface area contributed by atoms with E-state index in [1.165, 1.54) is 25.7 Å². The van der Waals surface area contributed by atoms with Crippen LogP contribution in [-0.4, -0.2) is 20.2 Å². The van der Waals surface area contributed by atoms with Crippen molar-refractivity contribution >= 4 is 20.2 Å². The van der Waals surface area contributed by atoms with Gasteiger partial charge in [-0.15, -0.1) is 0 Å². The third-order valence-electron chi connectivity index (χ3n) is 2.63. The summed E-state index contributed by atoms with van der Waals surface area (Å²) in [6.07, 6.45) is 6.05. The van der Waals surface area contributed by atoms with Crippen LogP contribution < -0.4 is 0 Å². The topological polar surface area (TPSA) is 9.23 Å². The molecule has 2 aliphatic rings. The van der Waals surface area contributed by atoms with Crippen LogP contribution in [0.3, 0.4) is 0 Å². The summed E-state index contributed by atoms with van der Waals surface area (Å²) >= 11 is 0. The van der Waals surface area contributed by atoms with E-state index in [9.17, 15) is 0 Å². The molecule has 0 aromatic rings. The van der Waals surface area contributed by atoms with Crippen LogP contribution in [0.5, 0.6) is 0 Å². The highest BCUT2D eigenvalue weighted by Gasteiger charge is 2.41. The molecule has 1 radical (unpaired) electrons. The van der Waals surface area contributed by atoms with E-state index in [-0.39, 0.29) is 0 Å². The largest absolute Gasteiger partial charge is 0.466 e. The van der Waals surface area contributed by atoms with Crippen molar-refractivity contribution in [3.8, 4) is 0 Å². The van der Waals surface area contributed by atoms with Crippen LogP contribution >= 0.6 is 0 Å². The van der Waals surface area contributed by atoms with E-state index in [1.54, 1.807) is 0 Å². The minimum absolute atomic E-state index is 0.390. The smallest absolute Gasteiger partial charge is 0.181 e. The van der Waals surface area contributed by atoms with Gasteiger partial charge in [0.1, 0.15) is 10.5 Å². The van der Waals surface area contributed by atoms with E-state index in [0.29, 0.717) is 9.76 Å². The maximum absolute atomic E-state index is 5.43. The molecule has 0 aromatic heterocycles. The average molecular weight is 171 g/mol. The molecule has 0 amide bonds. The summed E-state index contributed by atoms with van der Waals surface area (Å²) < 4.78 is 5.43. The summed E-state index contributed by atoms with van der Waals surface area (Å²) in [5.74, 6) is 2.22.